The summed E-state index contributed by atoms with van der Waals surface area (Å²) in [6.07, 6.45) is 7.04. The van der Waals surface area contributed by atoms with Gasteiger partial charge in [0.15, 0.2) is 0 Å². The number of likely N-dealkylation sites (tertiary alicyclic amines) is 1. The fourth-order valence-corrected chi connectivity index (χ4v) is 4.24. The summed E-state index contributed by atoms with van der Waals surface area (Å²) in [5.74, 6) is 1.74. The van der Waals surface area contributed by atoms with Crippen LogP contribution in [-0.4, -0.2) is 35.0 Å². The van der Waals surface area contributed by atoms with E-state index in [1.807, 2.05) is 44.2 Å². The van der Waals surface area contributed by atoms with Crippen LogP contribution in [-0.2, 0) is 6.54 Å². The number of hydrogen-bond donors (Lipinski definition) is 1. The minimum Gasteiger partial charge on any atom is -0.468 e. The van der Waals surface area contributed by atoms with Crippen LogP contribution >= 0.6 is 0 Å². The monoisotopic (exact) mass is 395 g/mol. The Balaban J connectivity index is 1.47. The lowest BCUT2D eigenvalue weighted by Crippen LogP contribution is -2.40. The van der Waals surface area contributed by atoms with Crippen LogP contribution in [0.25, 0.3) is 0 Å². The van der Waals surface area contributed by atoms with Gasteiger partial charge in [0.05, 0.1) is 30.7 Å². The lowest BCUT2D eigenvalue weighted by Gasteiger charge is -2.33. The van der Waals surface area contributed by atoms with Crippen LogP contribution < -0.4 is 5.32 Å². The Hall–Kier alpha value is -2.73. The summed E-state index contributed by atoms with van der Waals surface area (Å²) in [5.41, 5.74) is 2.71. The minimum atomic E-state index is -0.0441. The number of piperidine rings is 1. The third kappa shape index (κ3) is 4.32. The van der Waals surface area contributed by atoms with Gasteiger partial charge < -0.3 is 18.7 Å². The van der Waals surface area contributed by atoms with Crippen molar-refractivity contribution in [1.29, 1.82) is 0 Å². The van der Waals surface area contributed by atoms with Gasteiger partial charge in [0.2, 0.25) is 0 Å². The third-order valence-corrected chi connectivity index (χ3v) is 5.87. The fourth-order valence-electron chi connectivity index (χ4n) is 4.24. The highest BCUT2D eigenvalue weighted by atomic mass is 16.3. The third-order valence-electron chi connectivity index (χ3n) is 5.87. The van der Waals surface area contributed by atoms with Gasteiger partial charge in [-0.05, 0) is 70.1 Å². The molecule has 0 saturated carbocycles. The molecule has 6 nitrogen and oxygen atoms in total. The van der Waals surface area contributed by atoms with Gasteiger partial charge in [0.1, 0.15) is 11.5 Å². The zero-order valence-corrected chi connectivity index (χ0v) is 17.2. The van der Waals surface area contributed by atoms with E-state index in [0.717, 1.165) is 36.0 Å². The fraction of sp³-hybridized carbons (Fsp3) is 0.435. The Bertz CT molecular complexity index is 919. The molecule has 0 radical (unpaired) electrons. The number of hydrogen-bond acceptors (Lipinski definition) is 4. The molecule has 6 heteroatoms. The molecule has 1 fully saturated rings. The van der Waals surface area contributed by atoms with E-state index in [2.05, 4.69) is 14.8 Å². The van der Waals surface area contributed by atoms with E-state index in [-0.39, 0.29) is 11.9 Å². The first-order valence-corrected chi connectivity index (χ1v) is 10.4. The Kier molecular flexibility index (Phi) is 5.90. The average molecular weight is 396 g/mol. The smallest absolute Gasteiger partial charge is 0.253 e. The largest absolute Gasteiger partial charge is 0.468 e. The zero-order chi connectivity index (χ0) is 20.2. The molecule has 1 aliphatic rings. The van der Waals surface area contributed by atoms with Crippen LogP contribution in [0.5, 0.6) is 0 Å². The SMILES string of the molecule is Cc1cc(C(=O)NC[C@@H](c2ccco2)N2CCCCC2)c(C)n1Cc1ccco1. The molecule has 1 amide bonds. The van der Waals surface area contributed by atoms with Crippen LogP contribution in [0.3, 0.4) is 0 Å². The molecule has 0 bridgehead atoms. The number of nitrogens with one attached hydrogen (secondary N) is 1. The van der Waals surface area contributed by atoms with Crippen molar-refractivity contribution >= 4 is 5.91 Å². The number of carbonyl (C=O) groups excluding carboxylic acids is 1. The van der Waals surface area contributed by atoms with Crippen molar-refractivity contribution in [2.45, 2.75) is 45.7 Å². The second kappa shape index (κ2) is 8.74. The minimum absolute atomic E-state index is 0.0441. The summed E-state index contributed by atoms with van der Waals surface area (Å²) in [6.45, 7) is 7.25. The molecule has 1 N–H and O–H groups in total. The van der Waals surface area contributed by atoms with E-state index in [1.54, 1.807) is 12.5 Å². The molecule has 154 valence electrons. The molecule has 0 aromatic carbocycles. The molecule has 0 spiro atoms. The molecule has 1 atom stereocenters. The van der Waals surface area contributed by atoms with Gasteiger partial charge in [-0.15, -0.1) is 0 Å². The van der Waals surface area contributed by atoms with Crippen molar-refractivity contribution in [2.24, 2.45) is 0 Å². The van der Waals surface area contributed by atoms with Gasteiger partial charge in [-0.2, -0.15) is 0 Å². The molecule has 4 rings (SSSR count). The predicted molar refractivity (Wildman–Crippen MR) is 111 cm³/mol. The Morgan fingerprint density at radius 2 is 1.86 bits per heavy atom. The standard InChI is InChI=1S/C23H29N3O3/c1-17-14-20(18(2)26(17)16-19-8-6-12-28-19)23(27)24-15-21(22-9-7-13-29-22)25-10-4-3-5-11-25/h6-9,12-14,21H,3-5,10-11,15-16H2,1-2H3,(H,24,27)/t21-/m0/s1. The maximum Gasteiger partial charge on any atom is 0.253 e. The molecule has 0 unspecified atom stereocenters. The van der Waals surface area contributed by atoms with Crippen molar-refractivity contribution in [2.75, 3.05) is 19.6 Å². The van der Waals surface area contributed by atoms with Gasteiger partial charge in [-0.3, -0.25) is 9.69 Å². The highest BCUT2D eigenvalue weighted by molar-refractivity contribution is 5.95. The van der Waals surface area contributed by atoms with Gasteiger partial charge in [-0.1, -0.05) is 6.42 Å². The van der Waals surface area contributed by atoms with E-state index >= 15 is 0 Å². The Morgan fingerprint density at radius 3 is 2.55 bits per heavy atom. The van der Waals surface area contributed by atoms with E-state index in [1.165, 1.54) is 19.3 Å². The maximum absolute atomic E-state index is 13.0. The van der Waals surface area contributed by atoms with Crippen LogP contribution in [0.2, 0.25) is 0 Å². The topological polar surface area (TPSA) is 63.6 Å². The predicted octanol–water partition coefficient (Wildman–Crippen LogP) is 4.30. The van der Waals surface area contributed by atoms with Crippen molar-refractivity contribution in [3.8, 4) is 0 Å². The van der Waals surface area contributed by atoms with Gasteiger partial charge in [0.25, 0.3) is 5.91 Å². The average Bonchev–Trinajstić information content (AvgIpc) is 3.48. The van der Waals surface area contributed by atoms with Crippen LogP contribution in [0.1, 0.15) is 58.6 Å². The summed E-state index contributed by atoms with van der Waals surface area (Å²) in [6, 6.07) is 9.77. The van der Waals surface area contributed by atoms with Crippen molar-refractivity contribution < 1.29 is 13.6 Å². The zero-order valence-electron chi connectivity index (χ0n) is 17.2. The Morgan fingerprint density at radius 1 is 1.10 bits per heavy atom. The maximum atomic E-state index is 13.0. The number of aromatic nitrogens is 1. The second-order valence-corrected chi connectivity index (χ2v) is 7.79. The van der Waals surface area contributed by atoms with Crippen LogP contribution in [0.15, 0.2) is 51.7 Å². The lowest BCUT2D eigenvalue weighted by molar-refractivity contribution is 0.0913. The summed E-state index contributed by atoms with van der Waals surface area (Å²) < 4.78 is 13.3. The molecule has 0 aliphatic carbocycles. The quantitative estimate of drug-likeness (QED) is 0.648. The summed E-state index contributed by atoms with van der Waals surface area (Å²) >= 11 is 0. The molecule has 3 aromatic heterocycles. The first-order valence-electron chi connectivity index (χ1n) is 10.4. The second-order valence-electron chi connectivity index (χ2n) is 7.79. The van der Waals surface area contributed by atoms with E-state index in [4.69, 9.17) is 8.83 Å². The summed E-state index contributed by atoms with van der Waals surface area (Å²) in [7, 11) is 0. The molecule has 29 heavy (non-hydrogen) atoms. The molecular formula is C23H29N3O3. The number of rotatable bonds is 7. The molecule has 1 saturated heterocycles. The number of amides is 1. The van der Waals surface area contributed by atoms with Gasteiger partial charge in [0, 0.05) is 17.9 Å². The molecule has 4 heterocycles. The van der Waals surface area contributed by atoms with Gasteiger partial charge in [-0.25, -0.2) is 0 Å². The summed E-state index contributed by atoms with van der Waals surface area (Å²) in [5, 5.41) is 3.15. The molecule has 1 aliphatic heterocycles. The highest BCUT2D eigenvalue weighted by Gasteiger charge is 2.26. The van der Waals surface area contributed by atoms with E-state index in [0.29, 0.717) is 18.7 Å². The number of furan rings is 2. The van der Waals surface area contributed by atoms with E-state index < -0.39 is 0 Å². The summed E-state index contributed by atoms with van der Waals surface area (Å²) in [4.78, 5) is 15.4. The van der Waals surface area contributed by atoms with E-state index in [9.17, 15) is 4.79 Å². The van der Waals surface area contributed by atoms with Crippen molar-refractivity contribution in [3.05, 3.63) is 71.3 Å². The number of aryl methyl sites for hydroxylation is 1. The number of nitrogens with zero attached hydrogens (tertiary/aromatic N) is 2. The Labute approximate surface area is 171 Å². The molecular weight excluding hydrogens is 366 g/mol. The van der Waals surface area contributed by atoms with Crippen LogP contribution in [0.4, 0.5) is 0 Å². The number of carbonyl (C=O) groups is 1. The first-order chi connectivity index (χ1) is 14.1. The first kappa shape index (κ1) is 19.6. The van der Waals surface area contributed by atoms with Gasteiger partial charge >= 0.3 is 0 Å². The van der Waals surface area contributed by atoms with Crippen molar-refractivity contribution in [3.63, 3.8) is 0 Å². The van der Waals surface area contributed by atoms with Crippen molar-refractivity contribution in [1.82, 2.24) is 14.8 Å². The normalized spacial score (nSPS) is 16.1. The lowest BCUT2D eigenvalue weighted by atomic mass is 10.1. The van der Waals surface area contributed by atoms with Crippen LogP contribution in [0, 0.1) is 13.8 Å². The molecule has 3 aromatic rings. The highest BCUT2D eigenvalue weighted by Crippen LogP contribution is 2.25.